The highest BCUT2D eigenvalue weighted by atomic mass is 16.6. The molecule has 2 N–H and O–H groups in total. The summed E-state index contributed by atoms with van der Waals surface area (Å²) < 4.78 is 10.5. The summed E-state index contributed by atoms with van der Waals surface area (Å²) >= 11 is 0. The molecular weight excluding hydrogens is 356 g/mol. The number of methoxy groups -OCH3 is 1. The topological polar surface area (TPSA) is 76.7 Å². The van der Waals surface area contributed by atoms with Crippen LogP contribution in [-0.2, 0) is 16.0 Å². The Kier molecular flexibility index (Phi) is 7.04. The molecular formula is C22H28N2O4. The van der Waals surface area contributed by atoms with Gasteiger partial charge in [-0.2, -0.15) is 0 Å². The molecule has 0 saturated heterocycles. The Morgan fingerprint density at radius 1 is 1.00 bits per heavy atom. The van der Waals surface area contributed by atoms with Gasteiger partial charge in [0.1, 0.15) is 11.4 Å². The van der Waals surface area contributed by atoms with Crippen molar-refractivity contribution < 1.29 is 19.1 Å². The highest BCUT2D eigenvalue weighted by molar-refractivity contribution is 5.93. The Hall–Kier alpha value is -3.02. The average molecular weight is 384 g/mol. The number of carbonyl (C=O) groups is 2. The van der Waals surface area contributed by atoms with E-state index in [9.17, 15) is 9.59 Å². The molecule has 2 aromatic rings. The predicted octanol–water partition coefficient (Wildman–Crippen LogP) is 4.92. The van der Waals surface area contributed by atoms with E-state index in [0.29, 0.717) is 30.0 Å². The molecule has 0 aliphatic rings. The third kappa shape index (κ3) is 6.95. The van der Waals surface area contributed by atoms with E-state index in [1.165, 1.54) is 12.7 Å². The van der Waals surface area contributed by atoms with Gasteiger partial charge in [0.2, 0.25) is 5.91 Å². The molecule has 0 aliphatic heterocycles. The van der Waals surface area contributed by atoms with Gasteiger partial charge in [-0.05, 0) is 57.9 Å². The summed E-state index contributed by atoms with van der Waals surface area (Å²) in [6.45, 7) is 7.39. The van der Waals surface area contributed by atoms with Crippen molar-refractivity contribution in [2.75, 3.05) is 17.7 Å². The Morgan fingerprint density at radius 2 is 1.68 bits per heavy atom. The standard InChI is InChI=1S/C22H28N2O4/c1-15-6-8-16(9-7-15)10-13-20(25)23-17-11-12-19(27-5)18(14-17)24-21(26)28-22(2,3)4/h6-9,11-12,14H,10,13H2,1-5H3,(H,23,25)(H,24,26). The number of rotatable bonds is 6. The van der Waals surface area contributed by atoms with Crippen molar-refractivity contribution in [2.45, 2.75) is 46.1 Å². The van der Waals surface area contributed by atoms with Crippen molar-refractivity contribution in [1.82, 2.24) is 0 Å². The number of aryl methyl sites for hydroxylation is 2. The van der Waals surface area contributed by atoms with E-state index in [0.717, 1.165) is 5.56 Å². The average Bonchev–Trinajstić information content (AvgIpc) is 2.60. The van der Waals surface area contributed by atoms with E-state index in [1.54, 1.807) is 39.0 Å². The number of benzene rings is 2. The number of anilines is 2. The summed E-state index contributed by atoms with van der Waals surface area (Å²) in [5.74, 6) is 0.373. The van der Waals surface area contributed by atoms with E-state index in [2.05, 4.69) is 10.6 Å². The molecule has 2 rings (SSSR count). The van der Waals surface area contributed by atoms with Crippen LogP contribution < -0.4 is 15.4 Å². The van der Waals surface area contributed by atoms with Crippen LogP contribution in [0.2, 0.25) is 0 Å². The Morgan fingerprint density at radius 3 is 2.29 bits per heavy atom. The van der Waals surface area contributed by atoms with Gasteiger partial charge in [0, 0.05) is 12.1 Å². The van der Waals surface area contributed by atoms with Gasteiger partial charge in [0.05, 0.1) is 12.8 Å². The number of nitrogens with one attached hydrogen (secondary N) is 2. The number of amides is 2. The van der Waals surface area contributed by atoms with Gasteiger partial charge in [-0.15, -0.1) is 0 Å². The molecule has 0 spiro atoms. The second-order valence-electron chi connectivity index (χ2n) is 7.58. The Balaban J connectivity index is 2.00. The van der Waals surface area contributed by atoms with Crippen LogP contribution in [0.3, 0.4) is 0 Å². The van der Waals surface area contributed by atoms with Crippen molar-refractivity contribution in [2.24, 2.45) is 0 Å². The molecule has 28 heavy (non-hydrogen) atoms. The van der Waals surface area contributed by atoms with E-state index in [1.807, 2.05) is 31.2 Å². The van der Waals surface area contributed by atoms with Crippen LogP contribution in [0.25, 0.3) is 0 Å². The quantitative estimate of drug-likeness (QED) is 0.741. The highest BCUT2D eigenvalue weighted by Crippen LogP contribution is 2.28. The van der Waals surface area contributed by atoms with E-state index in [4.69, 9.17) is 9.47 Å². The molecule has 0 heterocycles. The molecule has 2 amide bonds. The lowest BCUT2D eigenvalue weighted by molar-refractivity contribution is -0.116. The molecule has 0 aromatic heterocycles. The fourth-order valence-electron chi connectivity index (χ4n) is 2.53. The summed E-state index contributed by atoms with van der Waals surface area (Å²) in [5.41, 5.74) is 2.69. The number of ether oxygens (including phenoxy) is 2. The Labute approximate surface area is 166 Å². The summed E-state index contributed by atoms with van der Waals surface area (Å²) in [7, 11) is 1.51. The SMILES string of the molecule is COc1ccc(NC(=O)CCc2ccc(C)cc2)cc1NC(=O)OC(C)(C)C. The number of hydrogen-bond donors (Lipinski definition) is 2. The Bertz CT molecular complexity index is 823. The van der Waals surface area contributed by atoms with Gasteiger partial charge >= 0.3 is 6.09 Å². The van der Waals surface area contributed by atoms with Crippen molar-refractivity contribution in [1.29, 1.82) is 0 Å². The molecule has 0 atom stereocenters. The molecule has 6 heteroatoms. The first kappa shape index (κ1) is 21.3. The van der Waals surface area contributed by atoms with E-state index < -0.39 is 11.7 Å². The van der Waals surface area contributed by atoms with Gasteiger partial charge in [-0.1, -0.05) is 29.8 Å². The third-order valence-corrected chi connectivity index (χ3v) is 3.88. The van der Waals surface area contributed by atoms with Crippen molar-refractivity contribution in [3.05, 3.63) is 53.6 Å². The fraction of sp³-hybridized carbons (Fsp3) is 0.364. The van der Waals surface area contributed by atoms with Crippen LogP contribution in [0, 0.1) is 6.92 Å². The fourth-order valence-corrected chi connectivity index (χ4v) is 2.53. The van der Waals surface area contributed by atoms with Crippen LogP contribution >= 0.6 is 0 Å². The maximum Gasteiger partial charge on any atom is 0.412 e. The first-order valence-corrected chi connectivity index (χ1v) is 9.20. The molecule has 150 valence electrons. The van der Waals surface area contributed by atoms with Gasteiger partial charge in [0.25, 0.3) is 0 Å². The van der Waals surface area contributed by atoms with Crippen LogP contribution in [-0.4, -0.2) is 24.7 Å². The van der Waals surface area contributed by atoms with Crippen molar-refractivity contribution in [3.8, 4) is 5.75 Å². The highest BCUT2D eigenvalue weighted by Gasteiger charge is 2.18. The normalized spacial score (nSPS) is 10.9. The summed E-state index contributed by atoms with van der Waals surface area (Å²) in [4.78, 5) is 24.3. The minimum atomic E-state index is -0.612. The lowest BCUT2D eigenvalue weighted by atomic mass is 10.1. The molecule has 0 unspecified atom stereocenters. The van der Waals surface area contributed by atoms with Crippen molar-refractivity contribution >= 4 is 23.4 Å². The number of hydrogen-bond acceptors (Lipinski definition) is 4. The van der Waals surface area contributed by atoms with Gasteiger partial charge < -0.3 is 14.8 Å². The molecule has 0 fully saturated rings. The molecule has 0 bridgehead atoms. The van der Waals surface area contributed by atoms with Crippen LogP contribution in [0.1, 0.15) is 38.3 Å². The zero-order chi connectivity index (χ0) is 20.7. The molecule has 0 radical (unpaired) electrons. The molecule has 2 aromatic carbocycles. The summed E-state index contributed by atoms with van der Waals surface area (Å²) in [5, 5.41) is 5.51. The first-order chi connectivity index (χ1) is 13.2. The minimum Gasteiger partial charge on any atom is -0.495 e. The van der Waals surface area contributed by atoms with Crippen LogP contribution in [0.4, 0.5) is 16.2 Å². The van der Waals surface area contributed by atoms with E-state index in [-0.39, 0.29) is 5.91 Å². The summed E-state index contributed by atoms with van der Waals surface area (Å²) in [6.07, 6.45) is 0.434. The van der Waals surface area contributed by atoms with Gasteiger partial charge in [-0.25, -0.2) is 4.79 Å². The lowest BCUT2D eigenvalue weighted by Gasteiger charge is -2.20. The third-order valence-electron chi connectivity index (χ3n) is 3.88. The number of carbonyl (C=O) groups excluding carboxylic acids is 2. The second-order valence-corrected chi connectivity index (χ2v) is 7.58. The first-order valence-electron chi connectivity index (χ1n) is 9.20. The van der Waals surface area contributed by atoms with E-state index >= 15 is 0 Å². The molecule has 0 saturated carbocycles. The zero-order valence-corrected chi connectivity index (χ0v) is 17.1. The maximum atomic E-state index is 12.3. The van der Waals surface area contributed by atoms with Crippen LogP contribution in [0.15, 0.2) is 42.5 Å². The van der Waals surface area contributed by atoms with Crippen LogP contribution in [0.5, 0.6) is 5.75 Å². The minimum absolute atomic E-state index is 0.103. The second kappa shape index (κ2) is 9.26. The monoisotopic (exact) mass is 384 g/mol. The van der Waals surface area contributed by atoms with Gasteiger partial charge in [-0.3, -0.25) is 10.1 Å². The largest absolute Gasteiger partial charge is 0.495 e. The lowest BCUT2D eigenvalue weighted by Crippen LogP contribution is -2.27. The smallest absolute Gasteiger partial charge is 0.412 e. The van der Waals surface area contributed by atoms with Gasteiger partial charge in [0.15, 0.2) is 0 Å². The summed E-state index contributed by atoms with van der Waals surface area (Å²) in [6, 6.07) is 13.2. The van der Waals surface area contributed by atoms with Crippen molar-refractivity contribution in [3.63, 3.8) is 0 Å². The predicted molar refractivity (Wildman–Crippen MR) is 111 cm³/mol. The molecule has 6 nitrogen and oxygen atoms in total. The maximum absolute atomic E-state index is 12.3. The molecule has 0 aliphatic carbocycles. The zero-order valence-electron chi connectivity index (χ0n) is 17.1.